The first-order chi connectivity index (χ1) is 18.3. The number of likely N-dealkylation sites (tertiary alicyclic amines) is 2. The fraction of sp³-hybridized carbons (Fsp3) is 0.594. The highest BCUT2D eigenvalue weighted by Gasteiger charge is 2.71. The Hall–Kier alpha value is -2.57. The summed E-state index contributed by atoms with van der Waals surface area (Å²) in [4.78, 5) is 18.4. The predicted molar refractivity (Wildman–Crippen MR) is 145 cm³/mol. The Morgan fingerprint density at radius 1 is 1.03 bits per heavy atom. The molecular formula is C32H40N2O4. The van der Waals surface area contributed by atoms with Gasteiger partial charge in [0.05, 0.1) is 17.1 Å². The standard InChI is InChI=1S/C32H40N2O4/c1-20-8-11-26(35)28-27(20)31-15-17-33(19-23-9-10-23)21(2)32(31,37)14-12-25(29(31)38-28)34-16-13-24(30(34)36)18-22-6-4-3-5-7-22/h3-8,11,21,23-25,29,35,37H,9-10,12-19H2,1-2H3/t21-,24?,25+,29+,31+,32-/m1/s1. The molecular weight excluding hydrogens is 476 g/mol. The lowest BCUT2D eigenvalue weighted by molar-refractivity contribution is -0.192. The number of amides is 1. The van der Waals surface area contributed by atoms with E-state index in [4.69, 9.17) is 4.74 Å². The van der Waals surface area contributed by atoms with E-state index >= 15 is 0 Å². The number of rotatable bonds is 5. The second kappa shape index (κ2) is 8.72. The van der Waals surface area contributed by atoms with Gasteiger partial charge in [-0.05, 0) is 88.4 Å². The van der Waals surface area contributed by atoms with Crippen LogP contribution in [0, 0.1) is 18.8 Å². The molecule has 2 aromatic rings. The first kappa shape index (κ1) is 24.5. The number of benzene rings is 2. The van der Waals surface area contributed by atoms with Crippen LogP contribution in [0.4, 0.5) is 0 Å². The fourth-order valence-electron chi connectivity index (χ4n) is 8.59. The Balaban J connectivity index is 1.25. The van der Waals surface area contributed by atoms with Gasteiger partial charge in [-0.2, -0.15) is 0 Å². The second-order valence-corrected chi connectivity index (χ2v) is 12.7. The number of nitrogens with zero attached hydrogens (tertiary/aromatic N) is 2. The van der Waals surface area contributed by atoms with Crippen molar-refractivity contribution < 1.29 is 19.7 Å². The zero-order chi connectivity index (χ0) is 26.2. The molecule has 1 amide bonds. The molecule has 202 valence electrons. The van der Waals surface area contributed by atoms with E-state index in [1.54, 1.807) is 6.07 Å². The van der Waals surface area contributed by atoms with Gasteiger partial charge in [0, 0.05) is 30.6 Å². The Bertz CT molecular complexity index is 1250. The number of piperidine rings is 1. The molecule has 1 unspecified atom stereocenters. The summed E-state index contributed by atoms with van der Waals surface area (Å²) in [6.07, 6.45) is 5.93. The predicted octanol–water partition coefficient (Wildman–Crippen LogP) is 4.19. The summed E-state index contributed by atoms with van der Waals surface area (Å²) in [6.45, 7) is 6.92. The van der Waals surface area contributed by atoms with Crippen LogP contribution < -0.4 is 4.74 Å². The molecule has 2 N–H and O–H groups in total. The van der Waals surface area contributed by atoms with Gasteiger partial charge in [0.25, 0.3) is 0 Å². The van der Waals surface area contributed by atoms with Crippen LogP contribution in [0.3, 0.4) is 0 Å². The third kappa shape index (κ3) is 3.42. The number of aliphatic hydroxyl groups is 1. The normalized spacial score (nSPS) is 36.5. The van der Waals surface area contributed by atoms with E-state index in [9.17, 15) is 15.0 Å². The van der Waals surface area contributed by atoms with Crippen molar-refractivity contribution in [3.8, 4) is 11.5 Å². The number of fused-ring (bicyclic) bond motifs is 1. The molecule has 0 bridgehead atoms. The van der Waals surface area contributed by atoms with Crippen LogP contribution in [0.15, 0.2) is 42.5 Å². The van der Waals surface area contributed by atoms with Crippen molar-refractivity contribution in [2.24, 2.45) is 11.8 Å². The number of hydrogen-bond acceptors (Lipinski definition) is 5. The number of phenolic OH excluding ortho intramolecular Hbond substituents is 1. The minimum Gasteiger partial charge on any atom is -0.504 e. The van der Waals surface area contributed by atoms with E-state index in [2.05, 4.69) is 35.8 Å². The highest BCUT2D eigenvalue weighted by atomic mass is 16.5. The number of hydrogen-bond donors (Lipinski definition) is 2. The molecule has 2 aromatic carbocycles. The zero-order valence-electron chi connectivity index (χ0n) is 22.6. The number of carbonyl (C=O) groups is 1. The molecule has 2 aliphatic carbocycles. The average Bonchev–Trinajstić information content (AvgIpc) is 3.56. The van der Waals surface area contributed by atoms with Crippen LogP contribution in [0.2, 0.25) is 0 Å². The minimum absolute atomic E-state index is 0.0169. The summed E-state index contributed by atoms with van der Waals surface area (Å²) in [6, 6.07) is 13.8. The van der Waals surface area contributed by atoms with Gasteiger partial charge in [0.1, 0.15) is 6.10 Å². The quantitative estimate of drug-likeness (QED) is 0.624. The third-order valence-electron chi connectivity index (χ3n) is 10.8. The van der Waals surface area contributed by atoms with Gasteiger partial charge in [-0.3, -0.25) is 9.69 Å². The molecule has 6 heteroatoms. The fourth-order valence-corrected chi connectivity index (χ4v) is 8.59. The lowest BCUT2D eigenvalue weighted by Crippen LogP contribution is -2.76. The number of carbonyl (C=O) groups excluding carboxylic acids is 1. The molecule has 1 spiro atoms. The van der Waals surface area contributed by atoms with Crippen LogP contribution in [-0.2, 0) is 16.6 Å². The van der Waals surface area contributed by atoms with Crippen molar-refractivity contribution in [3.63, 3.8) is 0 Å². The summed E-state index contributed by atoms with van der Waals surface area (Å²) in [5.41, 5.74) is 1.59. The monoisotopic (exact) mass is 516 g/mol. The van der Waals surface area contributed by atoms with Gasteiger partial charge in [0.15, 0.2) is 11.5 Å². The maximum absolute atomic E-state index is 13.8. The molecule has 3 heterocycles. The molecule has 3 aliphatic heterocycles. The highest BCUT2D eigenvalue weighted by Crippen LogP contribution is 2.63. The zero-order valence-corrected chi connectivity index (χ0v) is 22.6. The third-order valence-corrected chi connectivity index (χ3v) is 10.8. The van der Waals surface area contributed by atoms with Gasteiger partial charge >= 0.3 is 0 Å². The summed E-state index contributed by atoms with van der Waals surface area (Å²) in [7, 11) is 0. The lowest BCUT2D eigenvalue weighted by atomic mass is 9.51. The lowest BCUT2D eigenvalue weighted by Gasteiger charge is -2.62. The molecule has 0 radical (unpaired) electrons. The van der Waals surface area contributed by atoms with Crippen molar-refractivity contribution in [1.82, 2.24) is 9.80 Å². The average molecular weight is 517 g/mol. The Morgan fingerprint density at radius 2 is 1.82 bits per heavy atom. The first-order valence-corrected chi connectivity index (χ1v) is 14.6. The Morgan fingerprint density at radius 3 is 2.58 bits per heavy atom. The van der Waals surface area contributed by atoms with E-state index in [1.807, 2.05) is 24.3 Å². The SMILES string of the molecule is Cc1ccc(O)c2c1[C@]13CCN(CC4CC4)[C@H](C)[C@]1(O)CC[C@H](N1CCC(Cc4ccccc4)C1=O)[C@@H]3O2. The van der Waals surface area contributed by atoms with Crippen LogP contribution in [0.1, 0.15) is 62.1 Å². The smallest absolute Gasteiger partial charge is 0.226 e. The highest BCUT2D eigenvalue weighted by molar-refractivity contribution is 5.82. The summed E-state index contributed by atoms with van der Waals surface area (Å²) < 4.78 is 6.73. The van der Waals surface area contributed by atoms with Crippen molar-refractivity contribution >= 4 is 5.91 Å². The van der Waals surface area contributed by atoms with Crippen LogP contribution in [0.5, 0.6) is 11.5 Å². The van der Waals surface area contributed by atoms with Crippen molar-refractivity contribution in [2.45, 2.75) is 88.0 Å². The Labute approximate surface area is 225 Å². The van der Waals surface area contributed by atoms with Gasteiger partial charge in [-0.1, -0.05) is 36.4 Å². The number of aromatic hydroxyl groups is 1. The first-order valence-electron chi connectivity index (χ1n) is 14.6. The van der Waals surface area contributed by atoms with Crippen LogP contribution >= 0.6 is 0 Å². The van der Waals surface area contributed by atoms with Crippen molar-refractivity contribution in [3.05, 3.63) is 59.2 Å². The molecule has 2 saturated heterocycles. The number of ether oxygens (including phenoxy) is 1. The van der Waals surface area contributed by atoms with E-state index in [-0.39, 0.29) is 35.8 Å². The largest absolute Gasteiger partial charge is 0.504 e. The topological polar surface area (TPSA) is 73.2 Å². The van der Waals surface area contributed by atoms with Gasteiger partial charge < -0.3 is 19.8 Å². The Kier molecular flexibility index (Phi) is 5.61. The second-order valence-electron chi connectivity index (χ2n) is 12.7. The van der Waals surface area contributed by atoms with Gasteiger partial charge in [-0.15, -0.1) is 0 Å². The summed E-state index contributed by atoms with van der Waals surface area (Å²) >= 11 is 0. The molecule has 7 rings (SSSR count). The summed E-state index contributed by atoms with van der Waals surface area (Å²) in [5.74, 6) is 1.60. The molecule has 6 nitrogen and oxygen atoms in total. The summed E-state index contributed by atoms with van der Waals surface area (Å²) in [5, 5.41) is 23.7. The van der Waals surface area contributed by atoms with E-state index in [1.165, 1.54) is 18.4 Å². The van der Waals surface area contributed by atoms with Gasteiger partial charge in [-0.25, -0.2) is 0 Å². The van der Waals surface area contributed by atoms with Crippen molar-refractivity contribution in [2.75, 3.05) is 19.6 Å². The van der Waals surface area contributed by atoms with Crippen LogP contribution in [0.25, 0.3) is 0 Å². The van der Waals surface area contributed by atoms with E-state index in [0.717, 1.165) is 55.9 Å². The van der Waals surface area contributed by atoms with E-state index in [0.29, 0.717) is 18.6 Å². The van der Waals surface area contributed by atoms with E-state index < -0.39 is 11.0 Å². The molecule has 4 fully saturated rings. The number of phenols is 1. The molecule has 0 aromatic heterocycles. The van der Waals surface area contributed by atoms with Crippen LogP contribution in [-0.4, -0.2) is 69.3 Å². The molecule has 38 heavy (non-hydrogen) atoms. The van der Waals surface area contributed by atoms with Gasteiger partial charge in [0.2, 0.25) is 5.91 Å². The molecule has 6 atom stereocenters. The molecule has 2 saturated carbocycles. The van der Waals surface area contributed by atoms with Crippen molar-refractivity contribution in [1.29, 1.82) is 0 Å². The minimum atomic E-state index is -0.989. The molecule has 5 aliphatic rings. The maximum atomic E-state index is 13.8. The maximum Gasteiger partial charge on any atom is 0.226 e. The number of aryl methyl sites for hydroxylation is 1.